The van der Waals surface area contributed by atoms with Crippen LogP contribution in [0.2, 0.25) is 0 Å². The number of benzene rings is 2. The molecule has 3 aromatic rings. The summed E-state index contributed by atoms with van der Waals surface area (Å²) in [5.41, 5.74) is 3.00. The third kappa shape index (κ3) is 2.80. The molecular formula is C19H18N4O. The van der Waals surface area contributed by atoms with Gasteiger partial charge in [0.25, 0.3) is 5.91 Å². The van der Waals surface area contributed by atoms with Crippen molar-refractivity contribution < 1.29 is 4.79 Å². The number of amides is 1. The molecule has 5 nitrogen and oxygen atoms in total. The Morgan fingerprint density at radius 2 is 1.58 bits per heavy atom. The molecule has 2 heterocycles. The van der Waals surface area contributed by atoms with Crippen LogP contribution in [0.25, 0.3) is 11.1 Å². The number of carbonyl (C=O) groups excluding carboxylic acids is 1. The van der Waals surface area contributed by atoms with Crippen LogP contribution in [0, 0.1) is 0 Å². The molecule has 5 heteroatoms. The lowest BCUT2D eigenvalue weighted by Gasteiger charge is -2.16. The van der Waals surface area contributed by atoms with Crippen LogP contribution in [0.3, 0.4) is 0 Å². The first-order valence-electron chi connectivity index (χ1n) is 8.12. The second kappa shape index (κ2) is 6.28. The van der Waals surface area contributed by atoms with E-state index in [0.717, 1.165) is 29.7 Å². The minimum atomic E-state index is 0.0734. The molecule has 120 valence electrons. The van der Waals surface area contributed by atoms with Gasteiger partial charge in [-0.3, -0.25) is 4.79 Å². The van der Waals surface area contributed by atoms with E-state index in [1.807, 2.05) is 47.4 Å². The number of hydrogen-bond donors (Lipinski definition) is 0. The predicted molar refractivity (Wildman–Crippen MR) is 91.5 cm³/mol. The fourth-order valence-electron chi connectivity index (χ4n) is 3.15. The van der Waals surface area contributed by atoms with Gasteiger partial charge in [-0.2, -0.15) is 15.0 Å². The zero-order valence-electron chi connectivity index (χ0n) is 13.2. The first-order chi connectivity index (χ1) is 11.8. The topological polar surface area (TPSA) is 51.0 Å². The highest BCUT2D eigenvalue weighted by Crippen LogP contribution is 2.23. The number of aromatic nitrogens is 3. The summed E-state index contributed by atoms with van der Waals surface area (Å²) in [6.07, 6.45) is 4.24. The van der Waals surface area contributed by atoms with Gasteiger partial charge in [-0.25, -0.2) is 0 Å². The van der Waals surface area contributed by atoms with E-state index in [2.05, 4.69) is 22.3 Å². The molecule has 24 heavy (non-hydrogen) atoms. The van der Waals surface area contributed by atoms with Crippen molar-refractivity contribution in [1.29, 1.82) is 0 Å². The van der Waals surface area contributed by atoms with Gasteiger partial charge in [0.2, 0.25) is 0 Å². The molecule has 0 N–H and O–H groups in total. The van der Waals surface area contributed by atoms with Crippen LogP contribution in [-0.4, -0.2) is 38.9 Å². The van der Waals surface area contributed by atoms with Gasteiger partial charge < -0.3 is 4.90 Å². The third-order valence-electron chi connectivity index (χ3n) is 4.45. The Bertz CT molecular complexity index is 812. The molecule has 1 saturated heterocycles. The highest BCUT2D eigenvalue weighted by Gasteiger charge is 2.28. The van der Waals surface area contributed by atoms with Gasteiger partial charge in [0.05, 0.1) is 18.4 Å². The summed E-state index contributed by atoms with van der Waals surface area (Å²) in [7, 11) is 0. The molecule has 0 saturated carbocycles. The lowest BCUT2D eigenvalue weighted by Crippen LogP contribution is -2.29. The summed E-state index contributed by atoms with van der Waals surface area (Å²) in [5, 5.41) is 8.36. The van der Waals surface area contributed by atoms with Crippen LogP contribution in [0.5, 0.6) is 0 Å². The minimum absolute atomic E-state index is 0.0734. The van der Waals surface area contributed by atoms with E-state index >= 15 is 0 Å². The summed E-state index contributed by atoms with van der Waals surface area (Å²) >= 11 is 0. The maximum absolute atomic E-state index is 12.7. The van der Waals surface area contributed by atoms with Crippen molar-refractivity contribution in [1.82, 2.24) is 19.9 Å². The van der Waals surface area contributed by atoms with Gasteiger partial charge in [0.1, 0.15) is 0 Å². The Labute approximate surface area is 140 Å². The van der Waals surface area contributed by atoms with Gasteiger partial charge in [-0.1, -0.05) is 42.5 Å². The number of rotatable bonds is 3. The number of carbonyl (C=O) groups is 1. The lowest BCUT2D eigenvalue weighted by molar-refractivity contribution is 0.0786. The normalized spacial score (nSPS) is 17.2. The second-order valence-electron chi connectivity index (χ2n) is 5.99. The molecule has 1 unspecified atom stereocenters. The smallest absolute Gasteiger partial charge is 0.253 e. The Kier molecular flexibility index (Phi) is 3.83. The highest BCUT2D eigenvalue weighted by atomic mass is 16.2. The molecule has 1 aliphatic rings. The van der Waals surface area contributed by atoms with E-state index in [0.29, 0.717) is 6.54 Å². The van der Waals surface area contributed by atoms with Crippen molar-refractivity contribution in [2.24, 2.45) is 0 Å². The lowest BCUT2D eigenvalue weighted by atomic mass is 10.0. The molecule has 1 fully saturated rings. The minimum Gasteiger partial charge on any atom is -0.336 e. The summed E-state index contributed by atoms with van der Waals surface area (Å²) in [6, 6.07) is 18.2. The first-order valence-corrected chi connectivity index (χ1v) is 8.12. The zero-order valence-corrected chi connectivity index (χ0v) is 13.2. The maximum atomic E-state index is 12.7. The Morgan fingerprint density at radius 3 is 2.29 bits per heavy atom. The third-order valence-corrected chi connectivity index (χ3v) is 4.45. The predicted octanol–water partition coefficient (Wildman–Crippen LogP) is 3.03. The molecule has 1 aliphatic heterocycles. The summed E-state index contributed by atoms with van der Waals surface area (Å²) < 4.78 is 0. The molecule has 2 aromatic carbocycles. The quantitative estimate of drug-likeness (QED) is 0.746. The van der Waals surface area contributed by atoms with Gasteiger partial charge in [-0.05, 0) is 29.7 Å². The van der Waals surface area contributed by atoms with Gasteiger partial charge in [0.15, 0.2) is 0 Å². The van der Waals surface area contributed by atoms with Crippen molar-refractivity contribution in [3.05, 3.63) is 72.6 Å². The standard InChI is InChI=1S/C19H18N4O/c24-19(22-13-10-18(14-22)23-20-11-12-21-23)17-8-6-16(7-9-17)15-4-2-1-3-5-15/h1-9,11-12,18H,10,13-14H2. The van der Waals surface area contributed by atoms with Crippen LogP contribution in [0.1, 0.15) is 22.8 Å². The van der Waals surface area contributed by atoms with Crippen LogP contribution in [0.4, 0.5) is 0 Å². The van der Waals surface area contributed by atoms with E-state index < -0.39 is 0 Å². The SMILES string of the molecule is O=C(c1ccc(-c2ccccc2)cc1)N1CCC(n2nccn2)C1. The average Bonchev–Trinajstić information content (AvgIpc) is 3.33. The van der Waals surface area contributed by atoms with Crippen LogP contribution >= 0.6 is 0 Å². The second-order valence-corrected chi connectivity index (χ2v) is 5.99. The van der Waals surface area contributed by atoms with Crippen LogP contribution in [-0.2, 0) is 0 Å². The highest BCUT2D eigenvalue weighted by molar-refractivity contribution is 5.94. The van der Waals surface area contributed by atoms with E-state index in [1.165, 1.54) is 0 Å². The van der Waals surface area contributed by atoms with E-state index in [9.17, 15) is 4.79 Å². The molecule has 4 rings (SSSR count). The average molecular weight is 318 g/mol. The van der Waals surface area contributed by atoms with Crippen molar-refractivity contribution in [3.63, 3.8) is 0 Å². The van der Waals surface area contributed by atoms with Gasteiger partial charge in [0, 0.05) is 18.7 Å². The number of hydrogen-bond acceptors (Lipinski definition) is 3. The molecule has 0 bridgehead atoms. The summed E-state index contributed by atoms with van der Waals surface area (Å²) in [5.74, 6) is 0.0734. The Balaban J connectivity index is 1.47. The molecular weight excluding hydrogens is 300 g/mol. The van der Waals surface area contributed by atoms with Gasteiger partial charge >= 0.3 is 0 Å². The molecule has 1 atom stereocenters. The number of likely N-dealkylation sites (tertiary alicyclic amines) is 1. The largest absolute Gasteiger partial charge is 0.336 e. The van der Waals surface area contributed by atoms with Crippen molar-refractivity contribution in [2.75, 3.05) is 13.1 Å². The van der Waals surface area contributed by atoms with E-state index in [-0.39, 0.29) is 11.9 Å². The Hall–Kier alpha value is -2.95. The summed E-state index contributed by atoms with van der Waals surface area (Å²) in [4.78, 5) is 16.3. The number of nitrogens with zero attached hydrogens (tertiary/aromatic N) is 4. The van der Waals surface area contributed by atoms with Crippen molar-refractivity contribution in [3.8, 4) is 11.1 Å². The zero-order chi connectivity index (χ0) is 16.4. The molecule has 1 aromatic heterocycles. The van der Waals surface area contributed by atoms with Crippen LogP contribution in [0.15, 0.2) is 67.0 Å². The Morgan fingerprint density at radius 1 is 0.917 bits per heavy atom. The van der Waals surface area contributed by atoms with E-state index in [1.54, 1.807) is 17.2 Å². The first kappa shape index (κ1) is 14.6. The van der Waals surface area contributed by atoms with Crippen LogP contribution < -0.4 is 0 Å². The monoisotopic (exact) mass is 318 g/mol. The van der Waals surface area contributed by atoms with Crippen molar-refractivity contribution >= 4 is 5.91 Å². The fraction of sp³-hybridized carbons (Fsp3) is 0.211. The van der Waals surface area contributed by atoms with Gasteiger partial charge in [-0.15, -0.1) is 0 Å². The molecule has 0 spiro atoms. The van der Waals surface area contributed by atoms with E-state index in [4.69, 9.17) is 0 Å². The summed E-state index contributed by atoms with van der Waals surface area (Å²) in [6.45, 7) is 1.40. The maximum Gasteiger partial charge on any atom is 0.253 e. The molecule has 1 amide bonds. The molecule has 0 radical (unpaired) electrons. The fourth-order valence-corrected chi connectivity index (χ4v) is 3.15. The molecule has 0 aliphatic carbocycles. The van der Waals surface area contributed by atoms with Crippen molar-refractivity contribution in [2.45, 2.75) is 12.5 Å².